The molecule has 1 aliphatic rings. The molecule has 1 rings (SSSR count). The van der Waals surface area contributed by atoms with Crippen LogP contribution >= 0.6 is 0 Å². The second-order valence-corrected chi connectivity index (χ2v) is 1.38. The minimum absolute atomic E-state index is 0.521. The molecule has 0 aliphatic carbocycles. The van der Waals surface area contributed by atoms with Gasteiger partial charge < -0.3 is 10.4 Å². The van der Waals surface area contributed by atoms with Crippen LogP contribution in [-0.4, -0.2) is 24.3 Å². The van der Waals surface area contributed by atoms with Gasteiger partial charge in [-0.15, -0.1) is 0 Å². The molecule has 0 aromatic carbocycles. The predicted molar refractivity (Wildman–Crippen MR) is 23.5 cm³/mol. The molecule has 0 bridgehead atoms. The van der Waals surface area contributed by atoms with Gasteiger partial charge in [-0.25, -0.2) is 0 Å². The van der Waals surface area contributed by atoms with E-state index < -0.39 is 12.6 Å². The summed E-state index contributed by atoms with van der Waals surface area (Å²) in [6.07, 6.45) is -0.296. The number of rotatable bonds is 0. The van der Waals surface area contributed by atoms with Crippen molar-refractivity contribution >= 4 is 0 Å². The van der Waals surface area contributed by atoms with Crippen LogP contribution in [0.25, 0.3) is 0 Å². The van der Waals surface area contributed by atoms with Gasteiger partial charge in [0.25, 0.3) is 0 Å². The first-order valence-corrected chi connectivity index (χ1v) is 2.06. The fraction of sp³-hybridized carbons (Fsp3) is 1.00. The van der Waals surface area contributed by atoms with E-state index in [9.17, 15) is 0 Å². The van der Waals surface area contributed by atoms with Crippen molar-refractivity contribution in [2.75, 3.05) is 13.0 Å². The third-order valence-corrected chi connectivity index (χ3v) is 0.811. The first kappa shape index (κ1) is 2.28. The summed E-state index contributed by atoms with van der Waals surface area (Å²) in [5, 5.41) is 11.3. The van der Waals surface area contributed by atoms with Crippen molar-refractivity contribution in [3.8, 4) is 0 Å². The molecule has 0 spiro atoms. The Labute approximate surface area is 40.0 Å². The largest absolute Gasteiger partial charge is 0.392 e. The average molecular weight is 89.1 g/mol. The smallest absolute Gasteiger partial charge is 0.0676 e. The molecule has 0 aromatic heterocycles. The number of hydrogen-bond acceptors (Lipinski definition) is 2. The SMILES string of the molecule is [2H]C1([2H])NCCC1O. The van der Waals surface area contributed by atoms with Crippen LogP contribution in [0.15, 0.2) is 0 Å². The summed E-state index contributed by atoms with van der Waals surface area (Å²) in [6, 6.07) is 0. The van der Waals surface area contributed by atoms with Crippen molar-refractivity contribution in [2.24, 2.45) is 0 Å². The van der Waals surface area contributed by atoms with Crippen LogP contribution in [0.3, 0.4) is 0 Å². The third-order valence-electron chi connectivity index (χ3n) is 0.811. The summed E-state index contributed by atoms with van der Waals surface area (Å²) in [5.41, 5.74) is 0. The van der Waals surface area contributed by atoms with E-state index in [1.165, 1.54) is 0 Å². The fourth-order valence-corrected chi connectivity index (χ4v) is 0.471. The maximum atomic E-state index is 8.82. The highest BCUT2D eigenvalue weighted by molar-refractivity contribution is 4.67. The van der Waals surface area contributed by atoms with E-state index >= 15 is 0 Å². The Hall–Kier alpha value is -0.0800. The number of aliphatic hydroxyl groups excluding tert-OH is 1. The molecule has 6 heavy (non-hydrogen) atoms. The van der Waals surface area contributed by atoms with Crippen LogP contribution in [-0.2, 0) is 0 Å². The lowest BCUT2D eigenvalue weighted by molar-refractivity contribution is 0.196. The molecular weight excluding hydrogens is 78.0 g/mol. The molecule has 0 amide bonds. The summed E-state index contributed by atoms with van der Waals surface area (Å²) < 4.78 is 14.0. The molecule has 1 heterocycles. The summed E-state index contributed by atoms with van der Waals surface area (Å²) in [6.45, 7) is -0.964. The standard InChI is InChI=1S/C4H9NO/c6-4-1-2-5-3-4/h4-6H,1-3H2/i3D2. The van der Waals surface area contributed by atoms with Crippen molar-refractivity contribution in [3.05, 3.63) is 0 Å². The molecule has 1 unspecified atom stereocenters. The maximum Gasteiger partial charge on any atom is 0.0676 e. The van der Waals surface area contributed by atoms with Crippen molar-refractivity contribution in [1.29, 1.82) is 0 Å². The first-order valence-electron chi connectivity index (χ1n) is 3.06. The Balaban J connectivity index is 2.54. The van der Waals surface area contributed by atoms with Crippen molar-refractivity contribution in [1.82, 2.24) is 5.32 Å². The summed E-state index contributed by atoms with van der Waals surface area (Å²) in [7, 11) is 0. The van der Waals surface area contributed by atoms with Crippen LogP contribution in [0, 0.1) is 0 Å². The Morgan fingerprint density at radius 2 is 2.83 bits per heavy atom. The van der Waals surface area contributed by atoms with E-state index in [1.54, 1.807) is 0 Å². The van der Waals surface area contributed by atoms with E-state index in [0.29, 0.717) is 13.0 Å². The molecule has 0 aromatic rings. The minimum Gasteiger partial charge on any atom is -0.392 e. The molecule has 36 valence electrons. The fourth-order valence-electron chi connectivity index (χ4n) is 0.471. The van der Waals surface area contributed by atoms with E-state index in [1.807, 2.05) is 0 Å². The predicted octanol–water partition coefficient (Wildman–Crippen LogP) is -0.659. The highest BCUT2D eigenvalue weighted by Gasteiger charge is 2.08. The van der Waals surface area contributed by atoms with E-state index in [0.717, 1.165) is 0 Å². The highest BCUT2D eigenvalue weighted by atomic mass is 16.3. The molecule has 1 aliphatic heterocycles. The van der Waals surface area contributed by atoms with Crippen LogP contribution in [0.4, 0.5) is 0 Å². The second kappa shape index (κ2) is 1.58. The lowest BCUT2D eigenvalue weighted by Crippen LogP contribution is -2.11. The van der Waals surface area contributed by atoms with Crippen molar-refractivity contribution in [3.63, 3.8) is 0 Å². The van der Waals surface area contributed by atoms with Gasteiger partial charge in [0.15, 0.2) is 0 Å². The van der Waals surface area contributed by atoms with E-state index in [4.69, 9.17) is 7.85 Å². The van der Waals surface area contributed by atoms with Gasteiger partial charge >= 0.3 is 0 Å². The normalized spacial score (nSPS) is 47.8. The molecule has 2 heteroatoms. The quantitative estimate of drug-likeness (QED) is 0.413. The second-order valence-electron chi connectivity index (χ2n) is 1.38. The molecule has 1 fully saturated rings. The molecule has 0 radical (unpaired) electrons. The van der Waals surface area contributed by atoms with Gasteiger partial charge in [0, 0.05) is 9.24 Å². The Kier molecular flexibility index (Phi) is 0.601. The first-order chi connectivity index (χ1) is 3.63. The van der Waals surface area contributed by atoms with E-state index in [-0.39, 0.29) is 0 Å². The minimum atomic E-state index is -1.54. The van der Waals surface area contributed by atoms with Gasteiger partial charge in [-0.1, -0.05) is 0 Å². The van der Waals surface area contributed by atoms with Gasteiger partial charge in [-0.05, 0) is 13.0 Å². The third kappa shape index (κ3) is 0.698. The number of nitrogens with one attached hydrogen (secondary N) is 1. The van der Waals surface area contributed by atoms with Crippen LogP contribution < -0.4 is 5.32 Å². The number of β-amino-alcohol motifs (C(OH)–C–C–N with tert-alkyl or cyclic N) is 1. The summed E-state index contributed by atoms with van der Waals surface area (Å²) in [5.74, 6) is 0. The molecule has 2 N–H and O–H groups in total. The zero-order valence-electron chi connectivity index (χ0n) is 5.44. The Morgan fingerprint density at radius 3 is 3.00 bits per heavy atom. The Morgan fingerprint density at radius 1 is 2.00 bits per heavy atom. The maximum absolute atomic E-state index is 8.82. The highest BCUT2D eigenvalue weighted by Crippen LogP contribution is 1.93. The van der Waals surface area contributed by atoms with Crippen molar-refractivity contribution < 1.29 is 7.85 Å². The van der Waals surface area contributed by atoms with Crippen molar-refractivity contribution in [2.45, 2.75) is 12.5 Å². The van der Waals surface area contributed by atoms with Gasteiger partial charge in [-0.2, -0.15) is 0 Å². The molecule has 0 saturated carbocycles. The topological polar surface area (TPSA) is 32.3 Å². The molecule has 1 saturated heterocycles. The van der Waals surface area contributed by atoms with Crippen LogP contribution in [0.1, 0.15) is 9.16 Å². The monoisotopic (exact) mass is 89.1 g/mol. The summed E-state index contributed by atoms with van der Waals surface area (Å²) >= 11 is 0. The van der Waals surface area contributed by atoms with E-state index in [2.05, 4.69) is 5.32 Å². The van der Waals surface area contributed by atoms with Gasteiger partial charge in [0.1, 0.15) is 0 Å². The molecule has 2 nitrogen and oxygen atoms in total. The Bertz CT molecular complexity index is 96.0. The average Bonchev–Trinajstić information content (AvgIpc) is 1.86. The summed E-state index contributed by atoms with van der Waals surface area (Å²) in [4.78, 5) is 0. The number of aliphatic hydroxyl groups is 1. The van der Waals surface area contributed by atoms with Gasteiger partial charge in [-0.3, -0.25) is 0 Å². The van der Waals surface area contributed by atoms with Gasteiger partial charge in [0.05, 0.1) is 6.10 Å². The molecular formula is C4H9NO. The van der Waals surface area contributed by atoms with Gasteiger partial charge in [0.2, 0.25) is 0 Å². The zero-order valence-corrected chi connectivity index (χ0v) is 3.44. The molecule has 1 atom stereocenters. The van der Waals surface area contributed by atoms with Crippen LogP contribution in [0.5, 0.6) is 0 Å². The zero-order chi connectivity index (χ0) is 6.20. The van der Waals surface area contributed by atoms with Crippen LogP contribution in [0.2, 0.25) is 0 Å². The lowest BCUT2D eigenvalue weighted by atomic mass is 10.3. The number of hydrogen-bond donors (Lipinski definition) is 2. The lowest BCUT2D eigenvalue weighted by Gasteiger charge is -1.90.